The summed E-state index contributed by atoms with van der Waals surface area (Å²) >= 11 is 4.51. The van der Waals surface area contributed by atoms with E-state index in [0.717, 1.165) is 0 Å². The number of hydrogen-bond acceptors (Lipinski definition) is 4. The third kappa shape index (κ3) is 2.51. The predicted molar refractivity (Wildman–Crippen MR) is 62.1 cm³/mol. The molecule has 0 atom stereocenters. The van der Waals surface area contributed by atoms with Crippen molar-refractivity contribution < 1.29 is 9.72 Å². The maximum absolute atomic E-state index is 11.5. The minimum Gasteiger partial charge on any atom is -0.376 e. The van der Waals surface area contributed by atoms with Gasteiger partial charge in [-0.05, 0) is 25.2 Å². The van der Waals surface area contributed by atoms with E-state index >= 15 is 0 Å². The number of rotatable bonds is 2. The van der Waals surface area contributed by atoms with E-state index in [9.17, 15) is 14.9 Å². The molecule has 1 amide bonds. The summed E-state index contributed by atoms with van der Waals surface area (Å²) in [6, 6.07) is 4.22. The lowest BCUT2D eigenvalue weighted by Crippen LogP contribution is -2.35. The Morgan fingerprint density at radius 1 is 1.56 bits per heavy atom. The Labute approximate surface area is 96.6 Å². The van der Waals surface area contributed by atoms with E-state index in [4.69, 9.17) is 5.73 Å². The zero-order valence-corrected chi connectivity index (χ0v) is 9.21. The highest BCUT2D eigenvalue weighted by molar-refractivity contribution is 7.80. The molecule has 1 aromatic rings. The summed E-state index contributed by atoms with van der Waals surface area (Å²) in [7, 11) is 0. The van der Waals surface area contributed by atoms with Crippen LogP contribution in [0.15, 0.2) is 18.2 Å². The fourth-order valence-corrected chi connectivity index (χ4v) is 1.34. The van der Waals surface area contributed by atoms with Gasteiger partial charge in [-0.25, -0.2) is 0 Å². The Kier molecular flexibility index (Phi) is 3.51. The number of nitro benzene ring substituents is 1. The van der Waals surface area contributed by atoms with Gasteiger partial charge in [-0.15, -0.1) is 0 Å². The molecule has 0 spiro atoms. The van der Waals surface area contributed by atoms with Gasteiger partial charge in [0.1, 0.15) is 0 Å². The van der Waals surface area contributed by atoms with E-state index in [1.54, 1.807) is 0 Å². The van der Waals surface area contributed by atoms with Crippen LogP contribution in [-0.2, 0) is 0 Å². The second-order valence-electron chi connectivity index (χ2n) is 3.03. The van der Waals surface area contributed by atoms with Crippen LogP contribution in [0.3, 0.4) is 0 Å². The largest absolute Gasteiger partial charge is 0.376 e. The first-order valence-corrected chi connectivity index (χ1v) is 4.69. The van der Waals surface area contributed by atoms with E-state index in [0.29, 0.717) is 0 Å². The van der Waals surface area contributed by atoms with Crippen LogP contribution < -0.4 is 11.1 Å². The summed E-state index contributed by atoms with van der Waals surface area (Å²) in [5.41, 5.74) is 5.49. The van der Waals surface area contributed by atoms with E-state index in [1.807, 2.05) is 0 Å². The lowest BCUT2D eigenvalue weighted by Gasteiger charge is -2.05. The van der Waals surface area contributed by atoms with Crippen LogP contribution in [-0.4, -0.2) is 15.9 Å². The third-order valence-corrected chi connectivity index (χ3v) is 2.09. The third-order valence-electron chi connectivity index (χ3n) is 1.98. The minimum absolute atomic E-state index is 0.115. The molecular weight excluding hydrogens is 230 g/mol. The van der Waals surface area contributed by atoms with Crippen LogP contribution in [0.2, 0.25) is 0 Å². The molecule has 1 aromatic carbocycles. The summed E-state index contributed by atoms with van der Waals surface area (Å²) in [4.78, 5) is 21.6. The van der Waals surface area contributed by atoms with Crippen molar-refractivity contribution in [2.45, 2.75) is 6.92 Å². The van der Waals surface area contributed by atoms with Crippen LogP contribution in [0.4, 0.5) is 5.69 Å². The first-order valence-electron chi connectivity index (χ1n) is 4.28. The van der Waals surface area contributed by atoms with Crippen LogP contribution >= 0.6 is 12.2 Å². The van der Waals surface area contributed by atoms with Crippen molar-refractivity contribution in [1.82, 2.24) is 5.32 Å². The number of benzene rings is 1. The quantitative estimate of drug-likeness (QED) is 0.453. The molecule has 0 radical (unpaired) electrons. The summed E-state index contributed by atoms with van der Waals surface area (Å²) in [6.45, 7) is 1.49. The summed E-state index contributed by atoms with van der Waals surface area (Å²) in [5.74, 6) is -0.547. The fourth-order valence-electron chi connectivity index (χ4n) is 1.25. The van der Waals surface area contributed by atoms with Crippen molar-refractivity contribution in [3.8, 4) is 0 Å². The average molecular weight is 239 g/mol. The topological polar surface area (TPSA) is 98.3 Å². The maximum atomic E-state index is 11.5. The van der Waals surface area contributed by atoms with Crippen LogP contribution in [0.1, 0.15) is 15.9 Å². The molecule has 84 valence electrons. The number of nitrogens with one attached hydrogen (secondary N) is 1. The monoisotopic (exact) mass is 239 g/mol. The molecule has 0 aliphatic rings. The van der Waals surface area contributed by atoms with Gasteiger partial charge in [-0.3, -0.25) is 20.2 Å². The fraction of sp³-hybridized carbons (Fsp3) is 0.111. The highest BCUT2D eigenvalue weighted by Gasteiger charge is 2.17. The Bertz CT molecular complexity index is 473. The number of nitrogens with two attached hydrogens (primary N) is 1. The standard InChI is InChI=1S/C9H9N3O3S/c1-5-6(8(13)11-9(10)16)3-2-4-7(5)12(14)15/h2-4H,1H3,(H3,10,11,13,16). The zero-order valence-electron chi connectivity index (χ0n) is 8.39. The molecule has 1 rings (SSSR count). The Morgan fingerprint density at radius 2 is 2.19 bits per heavy atom. The normalized spacial score (nSPS) is 9.56. The molecule has 0 saturated heterocycles. The van der Waals surface area contributed by atoms with E-state index in [1.165, 1.54) is 25.1 Å². The van der Waals surface area contributed by atoms with Gasteiger partial charge in [0.25, 0.3) is 11.6 Å². The number of thiocarbonyl (C=S) groups is 1. The zero-order chi connectivity index (χ0) is 12.3. The van der Waals surface area contributed by atoms with Crippen molar-refractivity contribution in [3.05, 3.63) is 39.4 Å². The van der Waals surface area contributed by atoms with Crippen molar-refractivity contribution in [2.24, 2.45) is 5.73 Å². The van der Waals surface area contributed by atoms with Crippen LogP contribution in [0, 0.1) is 17.0 Å². The number of nitrogens with zero attached hydrogens (tertiary/aromatic N) is 1. The molecule has 7 heteroatoms. The van der Waals surface area contributed by atoms with Gasteiger partial charge in [0.05, 0.1) is 4.92 Å². The smallest absolute Gasteiger partial charge is 0.273 e. The summed E-state index contributed by atoms with van der Waals surface area (Å²) < 4.78 is 0. The van der Waals surface area contributed by atoms with E-state index < -0.39 is 10.8 Å². The lowest BCUT2D eigenvalue weighted by molar-refractivity contribution is -0.385. The Morgan fingerprint density at radius 3 is 2.69 bits per heavy atom. The lowest BCUT2D eigenvalue weighted by atomic mass is 10.1. The van der Waals surface area contributed by atoms with Gasteiger partial charge in [0, 0.05) is 17.2 Å². The number of nitro groups is 1. The number of carbonyl (C=O) groups is 1. The highest BCUT2D eigenvalue weighted by Crippen LogP contribution is 2.20. The maximum Gasteiger partial charge on any atom is 0.273 e. The molecule has 0 aromatic heterocycles. The van der Waals surface area contributed by atoms with Crippen LogP contribution in [0.25, 0.3) is 0 Å². The van der Waals surface area contributed by atoms with Gasteiger partial charge >= 0.3 is 0 Å². The van der Waals surface area contributed by atoms with Crippen molar-refractivity contribution in [2.75, 3.05) is 0 Å². The molecule has 0 aliphatic carbocycles. The van der Waals surface area contributed by atoms with E-state index in [-0.39, 0.29) is 21.9 Å². The van der Waals surface area contributed by atoms with Gasteiger partial charge < -0.3 is 5.73 Å². The van der Waals surface area contributed by atoms with Crippen molar-refractivity contribution in [1.29, 1.82) is 0 Å². The first kappa shape index (κ1) is 12.1. The summed E-state index contributed by atoms with van der Waals surface area (Å²) in [6.07, 6.45) is 0. The molecule has 6 nitrogen and oxygen atoms in total. The minimum atomic E-state index is -0.549. The Balaban J connectivity index is 3.15. The van der Waals surface area contributed by atoms with Gasteiger partial charge in [-0.1, -0.05) is 6.07 Å². The number of carbonyl (C=O) groups excluding carboxylic acids is 1. The highest BCUT2D eigenvalue weighted by atomic mass is 32.1. The molecular formula is C9H9N3O3S. The molecule has 0 heterocycles. The second-order valence-corrected chi connectivity index (χ2v) is 3.47. The SMILES string of the molecule is Cc1c(C(=O)NC(N)=S)cccc1[N+](=O)[O-]. The molecule has 3 N–H and O–H groups in total. The van der Waals surface area contributed by atoms with Crippen LogP contribution in [0.5, 0.6) is 0 Å². The molecule has 0 unspecified atom stereocenters. The number of hydrogen-bond donors (Lipinski definition) is 2. The van der Waals surface area contributed by atoms with Gasteiger partial charge in [-0.2, -0.15) is 0 Å². The predicted octanol–water partition coefficient (Wildman–Crippen LogP) is 0.877. The van der Waals surface area contributed by atoms with E-state index in [2.05, 4.69) is 17.5 Å². The molecule has 0 bridgehead atoms. The Hall–Kier alpha value is -2.02. The molecule has 16 heavy (non-hydrogen) atoms. The number of amides is 1. The molecule has 0 fully saturated rings. The first-order chi connectivity index (χ1) is 7.43. The molecule has 0 saturated carbocycles. The summed E-state index contributed by atoms with van der Waals surface area (Å²) in [5, 5.41) is 12.7. The van der Waals surface area contributed by atoms with Gasteiger partial charge in [0.2, 0.25) is 0 Å². The second kappa shape index (κ2) is 4.67. The van der Waals surface area contributed by atoms with Gasteiger partial charge in [0.15, 0.2) is 5.11 Å². The van der Waals surface area contributed by atoms with Crippen molar-refractivity contribution >= 4 is 28.9 Å². The van der Waals surface area contributed by atoms with Crippen molar-refractivity contribution in [3.63, 3.8) is 0 Å². The average Bonchev–Trinajstić information content (AvgIpc) is 2.16. The molecule has 0 aliphatic heterocycles.